The second-order valence-electron chi connectivity index (χ2n) is 7.47. The molecule has 0 aromatic rings. The lowest BCUT2D eigenvalue weighted by Gasteiger charge is -2.47. The summed E-state index contributed by atoms with van der Waals surface area (Å²) in [5.74, 6) is 0. The number of hydrogen-bond donors (Lipinski definition) is 1. The summed E-state index contributed by atoms with van der Waals surface area (Å²) in [6.45, 7) is 0.472. The number of hydrogen-bond acceptors (Lipinski definition) is 7. The van der Waals surface area contributed by atoms with Crippen molar-refractivity contribution in [1.29, 1.82) is 0 Å². The van der Waals surface area contributed by atoms with Gasteiger partial charge in [0.05, 0.1) is 32.0 Å². The number of amides is 1. The highest BCUT2D eigenvalue weighted by atomic mass is 32.2. The molecular weight excluding hydrogens is 435 g/mol. The maximum Gasteiger partial charge on any atom is 0.427 e. The zero-order valence-corrected chi connectivity index (χ0v) is 17.2. The van der Waals surface area contributed by atoms with Crippen molar-refractivity contribution in [2.24, 2.45) is 0 Å². The molecule has 10 nitrogen and oxygen atoms in total. The fraction of sp³-hybridized carbons (Fsp3) is 0.938. The molecule has 14 heteroatoms. The minimum Gasteiger partial charge on any atom is -0.434 e. The lowest BCUT2D eigenvalue weighted by atomic mass is 9.90. The molecular formula is C16H26F3N3O7S. The summed E-state index contributed by atoms with van der Waals surface area (Å²) in [4.78, 5) is 13.2. The normalized spacial score (nSPS) is 25.3. The molecule has 0 aromatic heterocycles. The van der Waals surface area contributed by atoms with Gasteiger partial charge in [-0.3, -0.25) is 0 Å². The van der Waals surface area contributed by atoms with Crippen LogP contribution in [0.15, 0.2) is 0 Å². The van der Waals surface area contributed by atoms with Gasteiger partial charge in [0, 0.05) is 39.3 Å². The van der Waals surface area contributed by atoms with E-state index >= 15 is 0 Å². The summed E-state index contributed by atoms with van der Waals surface area (Å²) in [7, 11) is -3.68. The zero-order chi connectivity index (χ0) is 22.0. The molecule has 0 saturated carbocycles. The Bertz CT molecular complexity index is 707. The van der Waals surface area contributed by atoms with Crippen LogP contribution < -0.4 is 0 Å². The summed E-state index contributed by atoms with van der Waals surface area (Å²) in [6, 6.07) is 0. The van der Waals surface area contributed by atoms with Crippen LogP contribution in [-0.4, -0.2) is 117 Å². The molecule has 1 spiro atoms. The fourth-order valence-corrected chi connectivity index (χ4v) is 5.39. The minimum absolute atomic E-state index is 0.0558. The second-order valence-corrected chi connectivity index (χ2v) is 9.40. The SMILES string of the molecule is O=C(OC(CO)C(F)(F)F)N1CCC2(CC1)CN(S(=O)(=O)N1CCOCC1)CCO2. The number of rotatable bonds is 4. The Kier molecular flexibility index (Phi) is 7.14. The zero-order valence-electron chi connectivity index (χ0n) is 16.3. The van der Waals surface area contributed by atoms with Gasteiger partial charge in [0.2, 0.25) is 6.10 Å². The quantitative estimate of drug-likeness (QED) is 0.617. The first kappa shape index (κ1) is 23.5. The van der Waals surface area contributed by atoms with Crippen LogP contribution >= 0.6 is 0 Å². The van der Waals surface area contributed by atoms with E-state index in [4.69, 9.17) is 14.6 Å². The van der Waals surface area contributed by atoms with Crippen LogP contribution in [0, 0.1) is 0 Å². The average molecular weight is 461 g/mol. The van der Waals surface area contributed by atoms with Crippen LogP contribution in [0.3, 0.4) is 0 Å². The molecule has 1 N–H and O–H groups in total. The Morgan fingerprint density at radius 1 is 1.07 bits per heavy atom. The summed E-state index contributed by atoms with van der Waals surface area (Å²) < 4.78 is 82.1. The van der Waals surface area contributed by atoms with E-state index in [-0.39, 0.29) is 58.7 Å². The van der Waals surface area contributed by atoms with Gasteiger partial charge in [-0.1, -0.05) is 0 Å². The number of morpholine rings is 2. The molecule has 0 aliphatic carbocycles. The largest absolute Gasteiger partial charge is 0.434 e. The van der Waals surface area contributed by atoms with E-state index in [9.17, 15) is 26.4 Å². The Morgan fingerprint density at radius 3 is 2.23 bits per heavy atom. The maximum absolute atomic E-state index is 12.9. The molecule has 0 bridgehead atoms. The Labute approximate surface area is 172 Å². The van der Waals surface area contributed by atoms with Gasteiger partial charge < -0.3 is 24.2 Å². The molecule has 1 unspecified atom stereocenters. The molecule has 0 radical (unpaired) electrons. The van der Waals surface area contributed by atoms with Crippen molar-refractivity contribution in [1.82, 2.24) is 13.5 Å². The van der Waals surface area contributed by atoms with Crippen LogP contribution in [-0.2, 0) is 24.4 Å². The van der Waals surface area contributed by atoms with Gasteiger partial charge >= 0.3 is 12.3 Å². The van der Waals surface area contributed by atoms with Gasteiger partial charge in [-0.05, 0) is 12.8 Å². The standard InChI is InChI=1S/C16H26F3N3O7S/c17-16(18,19)13(11-23)29-14(24)20-3-1-15(2-4-20)12-22(7-10-28-15)30(25,26)21-5-8-27-9-6-21/h13,23H,1-12H2. The fourth-order valence-electron chi connectivity index (χ4n) is 3.75. The summed E-state index contributed by atoms with van der Waals surface area (Å²) in [5.41, 5.74) is -0.811. The lowest BCUT2D eigenvalue weighted by Crippen LogP contribution is -2.61. The highest BCUT2D eigenvalue weighted by molar-refractivity contribution is 7.86. The molecule has 174 valence electrons. The number of ether oxygens (including phenoxy) is 3. The third-order valence-electron chi connectivity index (χ3n) is 5.54. The van der Waals surface area contributed by atoms with Gasteiger partial charge in [0.1, 0.15) is 0 Å². The van der Waals surface area contributed by atoms with Crippen LogP contribution in [0.1, 0.15) is 12.8 Å². The van der Waals surface area contributed by atoms with Crippen LogP contribution in [0.25, 0.3) is 0 Å². The Hall–Kier alpha value is -1.19. The van der Waals surface area contributed by atoms with Crippen molar-refractivity contribution in [3.8, 4) is 0 Å². The molecule has 3 aliphatic rings. The smallest absolute Gasteiger partial charge is 0.427 e. The van der Waals surface area contributed by atoms with Crippen molar-refractivity contribution < 1.29 is 45.7 Å². The molecule has 3 heterocycles. The predicted molar refractivity (Wildman–Crippen MR) is 95.8 cm³/mol. The number of alkyl halides is 3. The predicted octanol–water partition coefficient (Wildman–Crippen LogP) is -0.210. The second kappa shape index (κ2) is 9.12. The number of nitrogens with zero attached hydrogens (tertiary/aromatic N) is 3. The van der Waals surface area contributed by atoms with Crippen molar-refractivity contribution in [2.45, 2.75) is 30.7 Å². The Morgan fingerprint density at radius 2 is 1.67 bits per heavy atom. The Balaban J connectivity index is 1.58. The van der Waals surface area contributed by atoms with Gasteiger partial charge in [0.25, 0.3) is 10.2 Å². The van der Waals surface area contributed by atoms with E-state index in [0.29, 0.717) is 13.2 Å². The first-order valence-electron chi connectivity index (χ1n) is 9.67. The number of aliphatic hydroxyl groups is 1. The number of piperidine rings is 1. The molecule has 30 heavy (non-hydrogen) atoms. The van der Waals surface area contributed by atoms with Gasteiger partial charge in [-0.2, -0.15) is 30.2 Å². The van der Waals surface area contributed by atoms with E-state index in [1.54, 1.807) is 0 Å². The highest BCUT2D eigenvalue weighted by Gasteiger charge is 2.47. The van der Waals surface area contributed by atoms with Crippen molar-refractivity contribution in [2.75, 3.05) is 65.7 Å². The van der Waals surface area contributed by atoms with Gasteiger partial charge in [-0.25, -0.2) is 4.79 Å². The number of halogens is 3. The van der Waals surface area contributed by atoms with Crippen molar-refractivity contribution >= 4 is 16.3 Å². The van der Waals surface area contributed by atoms with E-state index in [0.717, 1.165) is 4.90 Å². The van der Waals surface area contributed by atoms with E-state index in [1.165, 1.54) is 8.61 Å². The van der Waals surface area contributed by atoms with Crippen LogP contribution in [0.2, 0.25) is 0 Å². The van der Waals surface area contributed by atoms with E-state index in [2.05, 4.69) is 4.74 Å². The number of aliphatic hydroxyl groups excluding tert-OH is 1. The molecule has 3 saturated heterocycles. The first-order valence-corrected chi connectivity index (χ1v) is 11.1. The minimum atomic E-state index is -4.86. The third-order valence-corrected chi connectivity index (χ3v) is 7.52. The molecule has 1 amide bonds. The monoisotopic (exact) mass is 461 g/mol. The van der Waals surface area contributed by atoms with Crippen LogP contribution in [0.4, 0.5) is 18.0 Å². The number of likely N-dealkylation sites (tertiary alicyclic amines) is 1. The summed E-state index contributed by atoms with van der Waals surface area (Å²) >= 11 is 0. The number of carbonyl (C=O) groups is 1. The molecule has 3 aliphatic heterocycles. The lowest BCUT2D eigenvalue weighted by molar-refractivity contribution is -0.215. The molecule has 3 rings (SSSR count). The van der Waals surface area contributed by atoms with Gasteiger partial charge in [0.15, 0.2) is 0 Å². The topological polar surface area (TPSA) is 109 Å². The maximum atomic E-state index is 12.9. The van der Waals surface area contributed by atoms with E-state index in [1.807, 2.05) is 0 Å². The molecule has 0 aromatic carbocycles. The first-order chi connectivity index (χ1) is 14.1. The average Bonchev–Trinajstić information content (AvgIpc) is 2.72. The highest BCUT2D eigenvalue weighted by Crippen LogP contribution is 2.32. The van der Waals surface area contributed by atoms with Crippen molar-refractivity contribution in [3.05, 3.63) is 0 Å². The van der Waals surface area contributed by atoms with Gasteiger partial charge in [-0.15, -0.1) is 0 Å². The van der Waals surface area contributed by atoms with E-state index < -0.39 is 40.8 Å². The third kappa shape index (κ3) is 5.16. The van der Waals surface area contributed by atoms with Crippen molar-refractivity contribution in [3.63, 3.8) is 0 Å². The summed E-state index contributed by atoms with van der Waals surface area (Å²) in [6.07, 6.45) is -8.10. The van der Waals surface area contributed by atoms with Crippen LogP contribution in [0.5, 0.6) is 0 Å². The molecule has 1 atom stereocenters. The molecule has 3 fully saturated rings. The number of carbonyl (C=O) groups excluding carboxylic acids is 1. The summed E-state index contributed by atoms with van der Waals surface area (Å²) in [5, 5.41) is 8.81.